The van der Waals surface area contributed by atoms with Crippen molar-refractivity contribution in [1.82, 2.24) is 10.6 Å². The number of alkyl carbamates (subject to hydrolysis) is 1. The van der Waals surface area contributed by atoms with Crippen molar-refractivity contribution in [2.75, 3.05) is 30.0 Å². The number of carbonyl (C=O) groups is 4. The SMILES string of the molecule is CN1C(=O)[C@@H](NC(=O)[C@H](CCC(F)(F)F)[C@H](CCC(F)(F)F)C(=O)CSCCNC(=O)OC(C)(C)C)N=C(c2ccccc2)c2ccccc21. The van der Waals surface area contributed by atoms with Crippen LogP contribution in [0.15, 0.2) is 59.6 Å². The molecule has 2 aromatic carbocycles. The maximum absolute atomic E-state index is 13.8. The second kappa shape index (κ2) is 17.2. The van der Waals surface area contributed by atoms with E-state index in [1.54, 1.807) is 75.4 Å². The van der Waals surface area contributed by atoms with Crippen LogP contribution in [0.2, 0.25) is 0 Å². The molecule has 0 aliphatic carbocycles. The van der Waals surface area contributed by atoms with Gasteiger partial charge in [-0.15, -0.1) is 0 Å². The van der Waals surface area contributed by atoms with Gasteiger partial charge < -0.3 is 20.3 Å². The van der Waals surface area contributed by atoms with Gasteiger partial charge in [0.1, 0.15) is 11.4 Å². The zero-order valence-electron chi connectivity index (χ0n) is 28.0. The van der Waals surface area contributed by atoms with E-state index in [1.165, 1.54) is 11.9 Å². The number of halogens is 6. The first-order valence-corrected chi connectivity index (χ1v) is 16.9. The van der Waals surface area contributed by atoms with E-state index in [0.717, 1.165) is 11.8 Å². The molecule has 3 rings (SSSR count). The number of rotatable bonds is 14. The Morgan fingerprint density at radius 2 is 1.48 bits per heavy atom. The number of likely N-dealkylation sites (N-methyl/N-ethyl adjacent to an activating group) is 1. The molecule has 16 heteroatoms. The summed E-state index contributed by atoms with van der Waals surface area (Å²) in [6, 6.07) is 15.4. The summed E-state index contributed by atoms with van der Waals surface area (Å²) in [5.74, 6) is -6.78. The van der Waals surface area contributed by atoms with E-state index in [2.05, 4.69) is 15.6 Å². The number of hydrogen-bond acceptors (Lipinski definition) is 7. The van der Waals surface area contributed by atoms with E-state index in [-0.39, 0.29) is 18.0 Å². The fraction of sp³-hybridized carbons (Fsp3) is 0.500. The monoisotopic (exact) mass is 730 g/mol. The smallest absolute Gasteiger partial charge is 0.407 e. The zero-order valence-corrected chi connectivity index (χ0v) is 28.8. The van der Waals surface area contributed by atoms with E-state index in [0.29, 0.717) is 16.8 Å². The fourth-order valence-corrected chi connectivity index (χ4v) is 6.05. The third-order valence-corrected chi connectivity index (χ3v) is 8.52. The largest absolute Gasteiger partial charge is 0.444 e. The van der Waals surface area contributed by atoms with Crippen molar-refractivity contribution in [1.29, 1.82) is 0 Å². The van der Waals surface area contributed by atoms with E-state index in [9.17, 15) is 45.5 Å². The van der Waals surface area contributed by atoms with Crippen molar-refractivity contribution >= 4 is 46.9 Å². The number of thioether (sulfide) groups is 1. The Balaban J connectivity index is 1.90. The predicted molar refractivity (Wildman–Crippen MR) is 178 cm³/mol. The average molecular weight is 731 g/mol. The molecule has 50 heavy (non-hydrogen) atoms. The molecule has 1 aliphatic rings. The number of aliphatic imine (C=N–C) groups is 1. The molecule has 2 aromatic rings. The van der Waals surface area contributed by atoms with Crippen molar-refractivity contribution in [3.63, 3.8) is 0 Å². The van der Waals surface area contributed by atoms with Crippen LogP contribution in [0.1, 0.15) is 57.6 Å². The number of anilines is 1. The highest BCUT2D eigenvalue weighted by atomic mass is 32.2. The van der Waals surface area contributed by atoms with E-state index >= 15 is 0 Å². The van der Waals surface area contributed by atoms with Gasteiger partial charge in [0.25, 0.3) is 5.91 Å². The number of carbonyl (C=O) groups excluding carboxylic acids is 4. The molecule has 0 bridgehead atoms. The Morgan fingerprint density at radius 1 is 0.900 bits per heavy atom. The number of fused-ring (bicyclic) bond motifs is 1. The lowest BCUT2D eigenvalue weighted by atomic mass is 9.81. The second-order valence-corrected chi connectivity index (χ2v) is 13.7. The summed E-state index contributed by atoms with van der Waals surface area (Å²) < 4.78 is 85.7. The molecule has 3 atom stereocenters. The van der Waals surface area contributed by atoms with Crippen LogP contribution in [0.3, 0.4) is 0 Å². The number of para-hydroxylation sites is 1. The van der Waals surface area contributed by atoms with E-state index in [4.69, 9.17) is 4.74 Å². The van der Waals surface area contributed by atoms with Gasteiger partial charge in [-0.2, -0.15) is 38.1 Å². The third-order valence-electron chi connectivity index (χ3n) is 7.54. The molecule has 0 unspecified atom stereocenters. The maximum atomic E-state index is 13.8. The van der Waals surface area contributed by atoms with Crippen LogP contribution in [0.5, 0.6) is 0 Å². The predicted octanol–water partition coefficient (Wildman–Crippen LogP) is 6.69. The van der Waals surface area contributed by atoms with Crippen molar-refractivity contribution < 1.29 is 50.3 Å². The molecule has 2 N–H and O–H groups in total. The number of ether oxygens (including phenoxy) is 1. The van der Waals surface area contributed by atoms with E-state index in [1.807, 2.05) is 0 Å². The minimum absolute atomic E-state index is 0.0273. The molecule has 3 amide bonds. The van der Waals surface area contributed by atoms with Crippen LogP contribution >= 0.6 is 11.8 Å². The van der Waals surface area contributed by atoms with Gasteiger partial charge in [-0.1, -0.05) is 48.5 Å². The first kappa shape index (κ1) is 40.4. The first-order valence-electron chi connectivity index (χ1n) is 15.8. The van der Waals surface area contributed by atoms with Crippen LogP contribution in [0, 0.1) is 11.8 Å². The number of nitrogens with zero attached hydrogens (tertiary/aromatic N) is 2. The summed E-state index contributed by atoms with van der Waals surface area (Å²) in [5, 5.41) is 4.83. The summed E-state index contributed by atoms with van der Waals surface area (Å²) in [6.45, 7) is 5.00. The molecule has 0 spiro atoms. The highest BCUT2D eigenvalue weighted by molar-refractivity contribution is 7.99. The fourth-order valence-electron chi connectivity index (χ4n) is 5.24. The average Bonchev–Trinajstić information content (AvgIpc) is 3.11. The van der Waals surface area contributed by atoms with E-state index < -0.39 is 91.1 Å². The summed E-state index contributed by atoms with van der Waals surface area (Å²) >= 11 is 0.928. The van der Waals surface area contributed by atoms with Crippen LogP contribution < -0.4 is 15.5 Å². The Morgan fingerprint density at radius 3 is 2.08 bits per heavy atom. The van der Waals surface area contributed by atoms with Crippen LogP contribution in [0.25, 0.3) is 0 Å². The van der Waals surface area contributed by atoms with Crippen molar-refractivity contribution in [2.45, 2.75) is 70.6 Å². The molecular formula is C34H40F6N4O5S. The highest BCUT2D eigenvalue weighted by Crippen LogP contribution is 2.34. The number of amides is 3. The molecule has 9 nitrogen and oxygen atoms in total. The van der Waals surface area contributed by atoms with Gasteiger partial charge in [-0.25, -0.2) is 9.79 Å². The molecule has 0 fully saturated rings. The van der Waals surface area contributed by atoms with Crippen molar-refractivity contribution in [3.05, 3.63) is 65.7 Å². The molecule has 274 valence electrons. The van der Waals surface area contributed by atoms with Crippen LogP contribution in [-0.2, 0) is 19.1 Å². The van der Waals surface area contributed by atoms with Gasteiger partial charge in [0.05, 0.1) is 17.2 Å². The summed E-state index contributed by atoms with van der Waals surface area (Å²) in [7, 11) is 1.43. The van der Waals surface area contributed by atoms with Gasteiger partial charge in [0.2, 0.25) is 12.1 Å². The number of benzodiazepines with no additional fused rings is 1. The topological polar surface area (TPSA) is 117 Å². The normalized spacial score (nSPS) is 16.4. The van der Waals surface area contributed by atoms with Gasteiger partial charge in [-0.05, 0) is 39.7 Å². The number of ketones is 1. The Hall–Kier alpha value is -4.08. The number of Topliss-reactive ketones (excluding diaryl/α,β-unsaturated/α-hetero) is 1. The summed E-state index contributed by atoms with van der Waals surface area (Å²) in [4.78, 5) is 58.4. The number of hydrogen-bond donors (Lipinski definition) is 2. The quantitative estimate of drug-likeness (QED) is 0.165. The number of benzene rings is 2. The number of nitrogens with one attached hydrogen (secondary N) is 2. The molecule has 0 radical (unpaired) electrons. The van der Waals surface area contributed by atoms with Gasteiger partial charge in [0.15, 0.2) is 0 Å². The lowest BCUT2D eigenvalue weighted by molar-refractivity contribution is -0.152. The van der Waals surface area contributed by atoms with Gasteiger partial charge >= 0.3 is 18.4 Å². The van der Waals surface area contributed by atoms with Crippen molar-refractivity contribution in [3.8, 4) is 0 Å². The molecule has 1 aliphatic heterocycles. The summed E-state index contributed by atoms with van der Waals surface area (Å²) in [5.41, 5.74) is 1.04. The first-order chi connectivity index (χ1) is 23.3. The minimum Gasteiger partial charge on any atom is -0.444 e. The standard InChI is InChI=1S/C34H40F6N4O5S/c1-32(2,3)49-31(48)41-18-19-50-20-26(45)22(14-16-33(35,36)37)23(15-17-34(38,39)40)29(46)43-28-30(47)44(4)25-13-9-8-12-24(25)27(42-28)21-10-6-5-7-11-21/h5-13,22-23,28H,14-20H2,1-4H3,(H,41,48)(H,43,46)/t22-,23+,28+/m0/s1. The second-order valence-electron chi connectivity index (χ2n) is 12.6. The minimum atomic E-state index is -4.79. The Labute approximate surface area is 290 Å². The number of alkyl halides is 6. The lowest BCUT2D eigenvalue weighted by Crippen LogP contribution is -2.49. The lowest BCUT2D eigenvalue weighted by Gasteiger charge is -2.28. The van der Waals surface area contributed by atoms with Crippen molar-refractivity contribution in [2.24, 2.45) is 16.8 Å². The molecule has 0 aromatic heterocycles. The molecule has 1 heterocycles. The highest BCUT2D eigenvalue weighted by Gasteiger charge is 2.41. The van der Waals surface area contributed by atoms with Crippen LogP contribution in [-0.4, -0.2) is 78.6 Å². The van der Waals surface area contributed by atoms with Gasteiger partial charge in [0, 0.05) is 55.1 Å². The Kier molecular flexibility index (Phi) is 13.9. The Bertz CT molecular complexity index is 1530. The molecular weight excluding hydrogens is 690 g/mol. The third kappa shape index (κ3) is 12.7. The van der Waals surface area contributed by atoms with Gasteiger partial charge in [-0.3, -0.25) is 14.4 Å². The molecule has 0 saturated carbocycles. The molecule has 0 saturated heterocycles. The maximum Gasteiger partial charge on any atom is 0.407 e. The van der Waals surface area contributed by atoms with Crippen LogP contribution in [0.4, 0.5) is 36.8 Å². The summed E-state index contributed by atoms with van der Waals surface area (Å²) in [6.07, 6.45) is -17.0. The zero-order chi connectivity index (χ0) is 37.3.